The van der Waals surface area contributed by atoms with Crippen LogP contribution >= 0.6 is 11.6 Å². The zero-order chi connectivity index (χ0) is 15.3. The van der Waals surface area contributed by atoms with Gasteiger partial charge in [-0.3, -0.25) is 0 Å². The number of ether oxygens (including phenoxy) is 2. The molecule has 0 heterocycles. The van der Waals surface area contributed by atoms with Crippen molar-refractivity contribution >= 4 is 11.6 Å². The van der Waals surface area contributed by atoms with Crippen LogP contribution < -0.4 is 5.32 Å². The molecule has 1 unspecified atom stereocenters. The quantitative estimate of drug-likeness (QED) is 0.599. The number of hydrogen-bond acceptors (Lipinski definition) is 3. The lowest BCUT2D eigenvalue weighted by Crippen LogP contribution is -2.24. The van der Waals surface area contributed by atoms with Crippen LogP contribution in [0.15, 0.2) is 24.3 Å². The van der Waals surface area contributed by atoms with Crippen molar-refractivity contribution in [1.29, 1.82) is 0 Å². The van der Waals surface area contributed by atoms with Crippen molar-refractivity contribution in [3.63, 3.8) is 0 Å². The fraction of sp³-hybridized carbons (Fsp3) is 0.647. The summed E-state index contributed by atoms with van der Waals surface area (Å²) < 4.78 is 10.5. The van der Waals surface area contributed by atoms with Crippen LogP contribution in [0.25, 0.3) is 0 Å². The molecule has 0 bridgehead atoms. The maximum absolute atomic E-state index is 6.26. The van der Waals surface area contributed by atoms with Gasteiger partial charge in [0.05, 0.1) is 13.2 Å². The van der Waals surface area contributed by atoms with Crippen molar-refractivity contribution in [2.75, 3.05) is 40.0 Å². The van der Waals surface area contributed by atoms with Gasteiger partial charge in [0.15, 0.2) is 0 Å². The number of hydrogen-bond donors (Lipinski definition) is 1. The van der Waals surface area contributed by atoms with Crippen molar-refractivity contribution in [2.24, 2.45) is 5.92 Å². The topological polar surface area (TPSA) is 30.5 Å². The molecule has 0 aromatic heterocycles. The minimum Gasteiger partial charge on any atom is -0.382 e. The van der Waals surface area contributed by atoms with Crippen LogP contribution in [0.1, 0.15) is 25.3 Å². The molecule has 1 atom stereocenters. The van der Waals surface area contributed by atoms with E-state index in [-0.39, 0.29) is 0 Å². The molecule has 0 aliphatic carbocycles. The van der Waals surface area contributed by atoms with E-state index in [1.165, 1.54) is 5.56 Å². The highest BCUT2D eigenvalue weighted by molar-refractivity contribution is 6.31. The van der Waals surface area contributed by atoms with Gasteiger partial charge >= 0.3 is 0 Å². The molecule has 21 heavy (non-hydrogen) atoms. The third kappa shape index (κ3) is 8.42. The standard InChI is InChI=1S/C17H28ClNO2/c1-3-19-14-15(7-6-10-21-12-11-20-2)13-16-8-4-5-9-17(16)18/h4-5,8-9,15,19H,3,6-7,10-14H2,1-2H3. The van der Waals surface area contributed by atoms with Crippen LogP contribution in [-0.2, 0) is 15.9 Å². The molecule has 0 radical (unpaired) electrons. The first-order valence-corrected chi connectivity index (χ1v) is 8.16. The highest BCUT2D eigenvalue weighted by atomic mass is 35.5. The smallest absolute Gasteiger partial charge is 0.0700 e. The van der Waals surface area contributed by atoms with E-state index in [4.69, 9.17) is 21.1 Å². The summed E-state index contributed by atoms with van der Waals surface area (Å²) >= 11 is 6.26. The molecule has 1 rings (SSSR count). The first kappa shape index (κ1) is 18.4. The van der Waals surface area contributed by atoms with Gasteiger partial charge in [-0.2, -0.15) is 0 Å². The van der Waals surface area contributed by atoms with Gasteiger partial charge in [0, 0.05) is 18.7 Å². The monoisotopic (exact) mass is 313 g/mol. The number of benzene rings is 1. The Morgan fingerprint density at radius 3 is 2.71 bits per heavy atom. The molecule has 0 aliphatic rings. The van der Waals surface area contributed by atoms with Gasteiger partial charge in [0.2, 0.25) is 0 Å². The number of methoxy groups -OCH3 is 1. The highest BCUT2D eigenvalue weighted by Crippen LogP contribution is 2.21. The summed E-state index contributed by atoms with van der Waals surface area (Å²) in [5.41, 5.74) is 1.24. The SMILES string of the molecule is CCNCC(CCCOCCOC)Cc1ccccc1Cl. The molecule has 1 aromatic rings. The summed E-state index contributed by atoms with van der Waals surface area (Å²) in [6, 6.07) is 8.12. The first-order valence-electron chi connectivity index (χ1n) is 7.78. The van der Waals surface area contributed by atoms with Gasteiger partial charge in [0.1, 0.15) is 0 Å². The van der Waals surface area contributed by atoms with E-state index in [1.54, 1.807) is 7.11 Å². The van der Waals surface area contributed by atoms with Crippen molar-refractivity contribution in [3.05, 3.63) is 34.9 Å². The highest BCUT2D eigenvalue weighted by Gasteiger charge is 2.11. The second-order valence-corrected chi connectivity index (χ2v) is 5.62. The summed E-state index contributed by atoms with van der Waals surface area (Å²) in [4.78, 5) is 0. The molecule has 4 heteroatoms. The molecule has 1 aromatic carbocycles. The lowest BCUT2D eigenvalue weighted by molar-refractivity contribution is 0.0672. The van der Waals surface area contributed by atoms with E-state index in [1.807, 2.05) is 12.1 Å². The lowest BCUT2D eigenvalue weighted by atomic mass is 9.94. The molecule has 0 saturated carbocycles. The second kappa shape index (κ2) is 12.0. The molecule has 0 fully saturated rings. The van der Waals surface area contributed by atoms with Crippen LogP contribution in [0.2, 0.25) is 5.02 Å². The Kier molecular flexibility index (Phi) is 10.5. The van der Waals surface area contributed by atoms with Gasteiger partial charge in [-0.1, -0.05) is 36.7 Å². The van der Waals surface area contributed by atoms with Crippen LogP contribution in [0.3, 0.4) is 0 Å². The van der Waals surface area contributed by atoms with Crippen molar-refractivity contribution in [2.45, 2.75) is 26.2 Å². The average molecular weight is 314 g/mol. The van der Waals surface area contributed by atoms with Gasteiger partial charge in [0.25, 0.3) is 0 Å². The summed E-state index contributed by atoms with van der Waals surface area (Å²) in [6.45, 7) is 6.32. The minimum atomic E-state index is 0.593. The van der Waals surface area contributed by atoms with E-state index < -0.39 is 0 Å². The molecule has 120 valence electrons. The summed E-state index contributed by atoms with van der Waals surface area (Å²) in [7, 11) is 1.69. The first-order chi connectivity index (χ1) is 10.3. The van der Waals surface area contributed by atoms with Crippen molar-refractivity contribution in [3.8, 4) is 0 Å². The van der Waals surface area contributed by atoms with Gasteiger partial charge in [-0.25, -0.2) is 0 Å². The normalized spacial score (nSPS) is 12.5. The Morgan fingerprint density at radius 1 is 1.19 bits per heavy atom. The van der Waals surface area contributed by atoms with Crippen molar-refractivity contribution < 1.29 is 9.47 Å². The van der Waals surface area contributed by atoms with Gasteiger partial charge in [-0.15, -0.1) is 0 Å². The second-order valence-electron chi connectivity index (χ2n) is 5.22. The molecule has 0 amide bonds. The predicted octanol–water partition coefficient (Wildman–Crippen LogP) is 3.55. The van der Waals surface area contributed by atoms with E-state index in [9.17, 15) is 0 Å². The zero-order valence-electron chi connectivity index (χ0n) is 13.2. The number of rotatable bonds is 12. The van der Waals surface area contributed by atoms with Crippen molar-refractivity contribution in [1.82, 2.24) is 5.32 Å². The third-order valence-corrected chi connectivity index (χ3v) is 3.85. The van der Waals surface area contributed by atoms with Crippen LogP contribution in [-0.4, -0.2) is 40.0 Å². The summed E-state index contributed by atoms with van der Waals surface area (Å²) in [5.74, 6) is 0.593. The van der Waals surface area contributed by atoms with Gasteiger partial charge in [-0.05, 0) is 49.9 Å². The minimum absolute atomic E-state index is 0.593. The molecule has 0 aliphatic heterocycles. The Bertz CT molecular complexity index is 374. The van der Waals surface area contributed by atoms with E-state index in [0.717, 1.165) is 44.0 Å². The van der Waals surface area contributed by atoms with E-state index >= 15 is 0 Å². The lowest BCUT2D eigenvalue weighted by Gasteiger charge is -2.18. The molecule has 0 spiro atoms. The predicted molar refractivity (Wildman–Crippen MR) is 89.1 cm³/mol. The fourth-order valence-electron chi connectivity index (χ4n) is 2.32. The largest absolute Gasteiger partial charge is 0.382 e. The third-order valence-electron chi connectivity index (χ3n) is 3.48. The summed E-state index contributed by atoms with van der Waals surface area (Å²) in [6.07, 6.45) is 3.24. The number of halogens is 1. The maximum Gasteiger partial charge on any atom is 0.0700 e. The molecule has 1 N–H and O–H groups in total. The Balaban J connectivity index is 2.35. The Hall–Kier alpha value is -0.610. The molecular formula is C17H28ClNO2. The fourth-order valence-corrected chi connectivity index (χ4v) is 2.53. The number of nitrogens with one attached hydrogen (secondary N) is 1. The van der Waals surface area contributed by atoms with Crippen LogP contribution in [0.5, 0.6) is 0 Å². The zero-order valence-corrected chi connectivity index (χ0v) is 14.0. The van der Waals surface area contributed by atoms with Crippen LogP contribution in [0.4, 0.5) is 0 Å². The molecule has 0 saturated heterocycles. The Morgan fingerprint density at radius 2 is 2.00 bits per heavy atom. The van der Waals surface area contributed by atoms with Crippen LogP contribution in [0, 0.1) is 5.92 Å². The molecule has 3 nitrogen and oxygen atoms in total. The van der Waals surface area contributed by atoms with Gasteiger partial charge < -0.3 is 14.8 Å². The average Bonchev–Trinajstić information content (AvgIpc) is 2.50. The van der Waals surface area contributed by atoms with E-state index in [0.29, 0.717) is 19.1 Å². The van der Waals surface area contributed by atoms with E-state index in [2.05, 4.69) is 24.4 Å². The molecular weight excluding hydrogens is 286 g/mol. The Labute approximate surface area is 134 Å². The summed E-state index contributed by atoms with van der Waals surface area (Å²) in [5, 5.41) is 4.32. The maximum atomic E-state index is 6.26.